The van der Waals surface area contributed by atoms with Crippen LogP contribution in [0.15, 0.2) is 36.4 Å². The third kappa shape index (κ3) is 17.9. The van der Waals surface area contributed by atoms with Crippen LogP contribution < -0.4 is 0 Å². The van der Waals surface area contributed by atoms with Crippen LogP contribution in [0.2, 0.25) is 0 Å². The SMILES string of the molecule is CC(C)c1cccc(C(C)C)c1O.CC(C)c1cccc(C(C)C)c1O.CCC#CCC.CCC#CCC.[W]. The predicted octanol–water partition coefficient (Wildman–Crippen LogP) is 10.9. The van der Waals surface area contributed by atoms with Gasteiger partial charge in [0.15, 0.2) is 0 Å². The first-order valence-electron chi connectivity index (χ1n) is 14.5. The van der Waals surface area contributed by atoms with E-state index in [1.165, 1.54) is 0 Å². The summed E-state index contributed by atoms with van der Waals surface area (Å²) in [7, 11) is 0. The largest absolute Gasteiger partial charge is 0.507 e. The molecule has 0 unspecified atom stereocenters. The van der Waals surface area contributed by atoms with Crippen molar-refractivity contribution in [3.05, 3.63) is 58.7 Å². The minimum Gasteiger partial charge on any atom is -0.507 e. The summed E-state index contributed by atoms with van der Waals surface area (Å²) in [5.41, 5.74) is 4.19. The van der Waals surface area contributed by atoms with Crippen molar-refractivity contribution in [3.63, 3.8) is 0 Å². The average molecular weight is 705 g/mol. The van der Waals surface area contributed by atoms with Gasteiger partial charge in [0.05, 0.1) is 0 Å². The van der Waals surface area contributed by atoms with Crippen molar-refractivity contribution < 1.29 is 31.3 Å². The van der Waals surface area contributed by atoms with Crippen molar-refractivity contribution in [1.29, 1.82) is 0 Å². The maximum Gasteiger partial charge on any atom is 0.122 e. The number of hydrogen-bond acceptors (Lipinski definition) is 2. The molecule has 0 radical (unpaired) electrons. The van der Waals surface area contributed by atoms with Gasteiger partial charge in [0.2, 0.25) is 0 Å². The summed E-state index contributed by atoms with van der Waals surface area (Å²) in [4.78, 5) is 0. The van der Waals surface area contributed by atoms with Crippen molar-refractivity contribution in [3.8, 4) is 35.2 Å². The molecule has 39 heavy (non-hydrogen) atoms. The van der Waals surface area contributed by atoms with Crippen LogP contribution in [0.4, 0.5) is 0 Å². The van der Waals surface area contributed by atoms with Gasteiger partial charge in [-0.25, -0.2) is 0 Å². The van der Waals surface area contributed by atoms with Gasteiger partial charge in [-0.2, -0.15) is 0 Å². The van der Waals surface area contributed by atoms with Crippen molar-refractivity contribution >= 4 is 0 Å². The summed E-state index contributed by atoms with van der Waals surface area (Å²) < 4.78 is 0. The van der Waals surface area contributed by atoms with E-state index in [0.717, 1.165) is 47.9 Å². The monoisotopic (exact) mass is 704 g/mol. The molecule has 0 aliphatic heterocycles. The summed E-state index contributed by atoms with van der Waals surface area (Å²) >= 11 is 0. The molecule has 0 aliphatic rings. The molecular weight excluding hydrogens is 648 g/mol. The Balaban J connectivity index is -0.000000469. The first-order valence-corrected chi connectivity index (χ1v) is 14.5. The van der Waals surface area contributed by atoms with E-state index in [4.69, 9.17) is 0 Å². The molecule has 0 atom stereocenters. The maximum atomic E-state index is 9.93. The molecule has 0 heterocycles. The molecule has 218 valence electrons. The van der Waals surface area contributed by atoms with Crippen LogP contribution in [-0.4, -0.2) is 10.2 Å². The van der Waals surface area contributed by atoms with E-state index in [0.29, 0.717) is 35.2 Å². The van der Waals surface area contributed by atoms with Gasteiger partial charge in [-0.1, -0.05) is 119 Å². The van der Waals surface area contributed by atoms with Gasteiger partial charge < -0.3 is 10.2 Å². The second-order valence-electron chi connectivity index (χ2n) is 10.3. The summed E-state index contributed by atoms with van der Waals surface area (Å²) in [5.74, 6) is 14.3. The Kier molecular flexibility index (Phi) is 26.3. The molecule has 0 spiro atoms. The van der Waals surface area contributed by atoms with Crippen LogP contribution in [-0.2, 0) is 21.1 Å². The molecule has 0 fully saturated rings. The zero-order valence-electron chi connectivity index (χ0n) is 26.9. The quantitative estimate of drug-likeness (QED) is 0.311. The molecule has 0 aliphatic carbocycles. The van der Waals surface area contributed by atoms with Crippen molar-refractivity contribution in [1.82, 2.24) is 0 Å². The van der Waals surface area contributed by atoms with E-state index < -0.39 is 0 Å². The first-order chi connectivity index (χ1) is 17.9. The van der Waals surface area contributed by atoms with E-state index in [1.807, 2.05) is 36.4 Å². The van der Waals surface area contributed by atoms with E-state index >= 15 is 0 Å². The van der Waals surface area contributed by atoms with Gasteiger partial charge in [-0.15, -0.1) is 23.7 Å². The van der Waals surface area contributed by atoms with Gasteiger partial charge in [-0.3, -0.25) is 0 Å². The number of phenolic OH excluding ortho intramolecular Hbond substituents is 2. The average Bonchev–Trinajstić information content (AvgIpc) is 2.87. The molecule has 2 N–H and O–H groups in total. The number of aromatic hydroxyl groups is 2. The molecule has 2 aromatic carbocycles. The van der Waals surface area contributed by atoms with Gasteiger partial charge in [0.25, 0.3) is 0 Å². The molecule has 0 saturated heterocycles. The van der Waals surface area contributed by atoms with Gasteiger partial charge in [-0.05, 0) is 45.9 Å². The van der Waals surface area contributed by atoms with Crippen LogP contribution in [0, 0.1) is 23.7 Å². The predicted molar refractivity (Wildman–Crippen MR) is 169 cm³/mol. The van der Waals surface area contributed by atoms with Gasteiger partial charge >= 0.3 is 0 Å². The third-order valence-electron chi connectivity index (χ3n) is 5.64. The fraction of sp³-hybridized carbons (Fsp3) is 0.556. The Labute approximate surface area is 256 Å². The molecule has 2 aromatic rings. The molecule has 3 heteroatoms. The molecule has 0 bridgehead atoms. The minimum absolute atomic E-state index is 0. The number of para-hydroxylation sites is 2. The molecule has 0 saturated carbocycles. The van der Waals surface area contributed by atoms with Crippen molar-refractivity contribution in [2.24, 2.45) is 0 Å². The standard InChI is InChI=1S/2C12H18O.2C6H10.W/c2*1-8(2)10-6-5-7-11(9(3)4)12(10)13;2*1-3-5-6-4-2;/h2*5-9,13H,1-4H3;2*3-4H2,1-2H3;. The Morgan fingerprint density at radius 2 is 0.641 bits per heavy atom. The molecule has 0 amide bonds. The van der Waals surface area contributed by atoms with Crippen LogP contribution in [0.25, 0.3) is 0 Å². The van der Waals surface area contributed by atoms with E-state index in [1.54, 1.807) is 0 Å². The van der Waals surface area contributed by atoms with Crippen LogP contribution in [0.5, 0.6) is 11.5 Å². The second-order valence-corrected chi connectivity index (χ2v) is 10.3. The summed E-state index contributed by atoms with van der Waals surface area (Å²) in [6.45, 7) is 25.0. The number of benzene rings is 2. The molecule has 0 aromatic heterocycles. The fourth-order valence-corrected chi connectivity index (χ4v) is 3.52. The second kappa shape index (κ2) is 24.9. The Morgan fingerprint density at radius 1 is 0.462 bits per heavy atom. The zero-order valence-corrected chi connectivity index (χ0v) is 29.8. The Hall–Kier alpha value is -2.15. The number of phenols is 2. The van der Waals surface area contributed by atoms with Crippen LogP contribution >= 0.6 is 0 Å². The summed E-state index contributed by atoms with van der Waals surface area (Å²) in [6, 6.07) is 12.0. The van der Waals surface area contributed by atoms with Gasteiger partial charge in [0.1, 0.15) is 11.5 Å². The van der Waals surface area contributed by atoms with Crippen LogP contribution in [0.1, 0.15) is 155 Å². The maximum absolute atomic E-state index is 9.93. The normalized spacial score (nSPS) is 9.44. The number of rotatable bonds is 4. The third-order valence-corrected chi connectivity index (χ3v) is 5.64. The zero-order chi connectivity index (χ0) is 29.7. The Bertz CT molecular complexity index is 860. The van der Waals surface area contributed by atoms with Crippen LogP contribution in [0.3, 0.4) is 0 Å². The van der Waals surface area contributed by atoms with E-state index in [9.17, 15) is 10.2 Å². The van der Waals surface area contributed by atoms with Crippen molar-refractivity contribution in [2.75, 3.05) is 0 Å². The van der Waals surface area contributed by atoms with Gasteiger partial charge in [0, 0.05) is 46.7 Å². The number of hydrogen-bond donors (Lipinski definition) is 2. The fourth-order valence-electron chi connectivity index (χ4n) is 3.52. The minimum atomic E-state index is 0. The smallest absolute Gasteiger partial charge is 0.122 e. The topological polar surface area (TPSA) is 40.5 Å². The first kappa shape index (κ1) is 41.3. The summed E-state index contributed by atoms with van der Waals surface area (Å²) in [6.07, 6.45) is 3.98. The molecular formula is C36H56O2W. The van der Waals surface area contributed by atoms with E-state index in [2.05, 4.69) is 107 Å². The van der Waals surface area contributed by atoms with Crippen molar-refractivity contribution in [2.45, 2.75) is 132 Å². The Morgan fingerprint density at radius 3 is 0.769 bits per heavy atom. The van der Waals surface area contributed by atoms with E-state index in [-0.39, 0.29) is 21.1 Å². The summed E-state index contributed by atoms with van der Waals surface area (Å²) in [5, 5.41) is 19.9. The molecule has 2 rings (SSSR count). The molecule has 2 nitrogen and oxygen atoms in total.